The fourth-order valence-electron chi connectivity index (χ4n) is 2.13. The molecule has 2 rings (SSSR count). The van der Waals surface area contributed by atoms with E-state index in [1.807, 2.05) is 23.9 Å². The molecule has 1 saturated carbocycles. The van der Waals surface area contributed by atoms with Gasteiger partial charge in [0.25, 0.3) is 0 Å². The Morgan fingerprint density at radius 2 is 1.76 bits per heavy atom. The average Bonchev–Trinajstić information content (AvgIpc) is 2.33. The van der Waals surface area contributed by atoms with Crippen LogP contribution >= 0.6 is 27.7 Å². The van der Waals surface area contributed by atoms with Gasteiger partial charge in [-0.3, -0.25) is 4.79 Å². The molecule has 1 N–H and O–H groups in total. The van der Waals surface area contributed by atoms with Crippen LogP contribution in [-0.4, -0.2) is 16.3 Å². The van der Waals surface area contributed by atoms with Gasteiger partial charge in [-0.1, -0.05) is 15.9 Å². The summed E-state index contributed by atoms with van der Waals surface area (Å²) in [7, 11) is 0. The molecule has 92 valence electrons. The largest absolute Gasteiger partial charge is 0.481 e. The maximum absolute atomic E-state index is 10.8. The summed E-state index contributed by atoms with van der Waals surface area (Å²) in [6.07, 6.45) is 3.67. The SMILES string of the molecule is O=C(O)C1CCC(Sc2ccc(Br)cc2)CC1. The molecule has 2 nitrogen and oxygen atoms in total. The molecule has 0 saturated heterocycles. The third-order valence-electron chi connectivity index (χ3n) is 3.14. The first-order chi connectivity index (χ1) is 8.15. The molecule has 17 heavy (non-hydrogen) atoms. The minimum atomic E-state index is -0.628. The van der Waals surface area contributed by atoms with Gasteiger partial charge in [0.15, 0.2) is 0 Å². The van der Waals surface area contributed by atoms with Crippen LogP contribution in [0.4, 0.5) is 0 Å². The van der Waals surface area contributed by atoms with Crippen LogP contribution in [0.15, 0.2) is 33.6 Å². The van der Waals surface area contributed by atoms with Crippen LogP contribution in [0.3, 0.4) is 0 Å². The molecule has 1 aliphatic rings. The number of benzene rings is 1. The van der Waals surface area contributed by atoms with Gasteiger partial charge < -0.3 is 5.11 Å². The number of rotatable bonds is 3. The number of hydrogen-bond acceptors (Lipinski definition) is 2. The zero-order valence-corrected chi connectivity index (χ0v) is 11.8. The van der Waals surface area contributed by atoms with Crippen molar-refractivity contribution in [2.24, 2.45) is 5.92 Å². The summed E-state index contributed by atoms with van der Waals surface area (Å²) in [5.41, 5.74) is 0. The predicted molar refractivity (Wildman–Crippen MR) is 73.4 cm³/mol. The van der Waals surface area contributed by atoms with E-state index < -0.39 is 5.97 Å². The van der Waals surface area contributed by atoms with Gasteiger partial charge in [0.05, 0.1) is 5.92 Å². The minimum Gasteiger partial charge on any atom is -0.481 e. The van der Waals surface area contributed by atoms with Crippen molar-refractivity contribution in [2.75, 3.05) is 0 Å². The molecule has 0 amide bonds. The van der Waals surface area contributed by atoms with E-state index in [2.05, 4.69) is 28.1 Å². The van der Waals surface area contributed by atoms with E-state index in [9.17, 15) is 4.79 Å². The third kappa shape index (κ3) is 3.75. The van der Waals surface area contributed by atoms with E-state index in [0.717, 1.165) is 30.2 Å². The lowest BCUT2D eigenvalue weighted by Crippen LogP contribution is -2.22. The van der Waals surface area contributed by atoms with Gasteiger partial charge in [0, 0.05) is 14.6 Å². The Labute approximate surface area is 114 Å². The molecule has 0 atom stereocenters. The van der Waals surface area contributed by atoms with E-state index in [1.54, 1.807) is 0 Å². The molecule has 0 bridgehead atoms. The van der Waals surface area contributed by atoms with E-state index in [1.165, 1.54) is 4.90 Å². The highest BCUT2D eigenvalue weighted by Crippen LogP contribution is 2.36. The second kappa shape index (κ2) is 5.91. The first-order valence-electron chi connectivity index (χ1n) is 5.80. The molecule has 1 fully saturated rings. The Hall–Kier alpha value is -0.480. The quantitative estimate of drug-likeness (QED) is 0.909. The molecular formula is C13H15BrO2S. The van der Waals surface area contributed by atoms with Crippen molar-refractivity contribution in [1.82, 2.24) is 0 Å². The predicted octanol–water partition coefficient (Wildman–Crippen LogP) is 4.18. The molecule has 0 spiro atoms. The van der Waals surface area contributed by atoms with Gasteiger partial charge in [-0.15, -0.1) is 11.8 Å². The number of thioether (sulfide) groups is 1. The van der Waals surface area contributed by atoms with E-state index in [0.29, 0.717) is 5.25 Å². The van der Waals surface area contributed by atoms with Crippen LogP contribution in [0.1, 0.15) is 25.7 Å². The highest BCUT2D eigenvalue weighted by Gasteiger charge is 2.26. The van der Waals surface area contributed by atoms with Gasteiger partial charge in [0.1, 0.15) is 0 Å². The smallest absolute Gasteiger partial charge is 0.306 e. The standard InChI is InChI=1S/C13H15BrO2S/c14-10-3-7-12(8-4-10)17-11-5-1-9(2-6-11)13(15)16/h3-4,7-9,11H,1-2,5-6H2,(H,15,16). The Morgan fingerprint density at radius 3 is 2.29 bits per heavy atom. The van der Waals surface area contributed by atoms with Crippen molar-refractivity contribution >= 4 is 33.7 Å². The topological polar surface area (TPSA) is 37.3 Å². The Balaban J connectivity index is 1.85. The number of carboxylic acids is 1. The summed E-state index contributed by atoms with van der Waals surface area (Å²) in [4.78, 5) is 12.1. The molecule has 0 radical (unpaired) electrons. The molecule has 1 aromatic rings. The lowest BCUT2D eigenvalue weighted by atomic mass is 9.89. The van der Waals surface area contributed by atoms with Crippen LogP contribution < -0.4 is 0 Å². The maximum Gasteiger partial charge on any atom is 0.306 e. The van der Waals surface area contributed by atoms with Gasteiger partial charge >= 0.3 is 5.97 Å². The molecule has 4 heteroatoms. The highest BCUT2D eigenvalue weighted by atomic mass is 79.9. The second-order valence-electron chi connectivity index (χ2n) is 4.38. The van der Waals surface area contributed by atoms with Gasteiger partial charge in [-0.05, 0) is 49.9 Å². The minimum absolute atomic E-state index is 0.114. The number of hydrogen-bond donors (Lipinski definition) is 1. The normalized spacial score (nSPS) is 24.5. The molecule has 1 aliphatic carbocycles. The lowest BCUT2D eigenvalue weighted by molar-refractivity contribution is -0.142. The Morgan fingerprint density at radius 1 is 1.18 bits per heavy atom. The van der Waals surface area contributed by atoms with Crippen LogP contribution in [0.2, 0.25) is 0 Å². The van der Waals surface area contributed by atoms with Crippen LogP contribution in [0, 0.1) is 5.92 Å². The maximum atomic E-state index is 10.8. The van der Waals surface area contributed by atoms with Gasteiger partial charge in [-0.2, -0.15) is 0 Å². The monoisotopic (exact) mass is 314 g/mol. The zero-order chi connectivity index (χ0) is 12.3. The van der Waals surface area contributed by atoms with Crippen LogP contribution in [0.25, 0.3) is 0 Å². The number of aliphatic carboxylic acids is 1. The third-order valence-corrected chi connectivity index (χ3v) is 5.02. The van der Waals surface area contributed by atoms with Crippen molar-refractivity contribution in [3.8, 4) is 0 Å². The Bertz CT molecular complexity index is 383. The van der Waals surface area contributed by atoms with Crippen molar-refractivity contribution < 1.29 is 9.90 Å². The fourth-order valence-corrected chi connectivity index (χ4v) is 3.58. The molecule has 0 heterocycles. The lowest BCUT2D eigenvalue weighted by Gasteiger charge is -2.25. The molecule has 0 aliphatic heterocycles. The van der Waals surface area contributed by atoms with Gasteiger partial charge in [0.2, 0.25) is 0 Å². The fraction of sp³-hybridized carbons (Fsp3) is 0.462. The van der Waals surface area contributed by atoms with Crippen molar-refractivity contribution in [3.63, 3.8) is 0 Å². The van der Waals surface area contributed by atoms with Crippen LogP contribution in [0.5, 0.6) is 0 Å². The highest BCUT2D eigenvalue weighted by molar-refractivity contribution is 9.10. The summed E-state index contributed by atoms with van der Waals surface area (Å²) >= 11 is 5.29. The zero-order valence-electron chi connectivity index (χ0n) is 9.43. The molecule has 0 aromatic heterocycles. The second-order valence-corrected chi connectivity index (χ2v) is 6.67. The number of carbonyl (C=O) groups is 1. The summed E-state index contributed by atoms with van der Waals surface area (Å²) in [5.74, 6) is -0.742. The summed E-state index contributed by atoms with van der Waals surface area (Å²) in [6.45, 7) is 0. The first-order valence-corrected chi connectivity index (χ1v) is 7.47. The summed E-state index contributed by atoms with van der Waals surface area (Å²) in [6, 6.07) is 8.31. The van der Waals surface area contributed by atoms with Crippen molar-refractivity contribution in [2.45, 2.75) is 35.8 Å². The number of halogens is 1. The van der Waals surface area contributed by atoms with Gasteiger partial charge in [-0.25, -0.2) is 0 Å². The van der Waals surface area contributed by atoms with Crippen LogP contribution in [-0.2, 0) is 4.79 Å². The Kier molecular flexibility index (Phi) is 4.51. The first kappa shape index (κ1) is 13.0. The van der Waals surface area contributed by atoms with E-state index in [-0.39, 0.29) is 5.92 Å². The summed E-state index contributed by atoms with van der Waals surface area (Å²) < 4.78 is 1.09. The molecule has 1 aromatic carbocycles. The van der Waals surface area contributed by atoms with Crippen molar-refractivity contribution in [3.05, 3.63) is 28.7 Å². The molecule has 0 unspecified atom stereocenters. The average molecular weight is 315 g/mol. The van der Waals surface area contributed by atoms with Crippen molar-refractivity contribution in [1.29, 1.82) is 0 Å². The van der Waals surface area contributed by atoms with E-state index >= 15 is 0 Å². The van der Waals surface area contributed by atoms with E-state index in [4.69, 9.17) is 5.11 Å². The summed E-state index contributed by atoms with van der Waals surface area (Å²) in [5, 5.41) is 9.51. The number of carboxylic acid groups (broad SMARTS) is 1. The molecular weight excluding hydrogens is 300 g/mol.